The molecule has 2 nitrogen and oxygen atoms in total. The number of hydrogen-bond donors (Lipinski definition) is 2. The number of rotatable bonds is 2. The van der Waals surface area contributed by atoms with E-state index in [1.165, 1.54) is 16.5 Å². The van der Waals surface area contributed by atoms with Crippen molar-refractivity contribution in [3.8, 4) is 0 Å². The average Bonchev–Trinajstić information content (AvgIpc) is 2.59. The molecule has 0 aliphatic rings. The number of hydrogen-bond acceptors (Lipinski definition) is 1. The molecule has 0 saturated carbocycles. The lowest BCUT2D eigenvalue weighted by Gasteiger charge is -2.16. The van der Waals surface area contributed by atoms with E-state index in [1.807, 2.05) is 13.8 Å². The Kier molecular flexibility index (Phi) is 2.31. The van der Waals surface area contributed by atoms with Gasteiger partial charge in [0, 0.05) is 11.2 Å². The number of benzene rings is 1. The van der Waals surface area contributed by atoms with Crippen LogP contribution < -0.4 is 5.73 Å². The fourth-order valence-corrected chi connectivity index (χ4v) is 1.86. The lowest BCUT2D eigenvalue weighted by Crippen LogP contribution is -2.28. The molecule has 0 saturated heterocycles. The molecule has 0 amide bonds. The number of H-pyrrole nitrogens is 1. The Labute approximate surface area is 90.5 Å². The second-order valence-corrected chi connectivity index (χ2v) is 4.64. The summed E-state index contributed by atoms with van der Waals surface area (Å²) in [7, 11) is 0. The van der Waals surface area contributed by atoms with Crippen molar-refractivity contribution in [3.63, 3.8) is 0 Å². The van der Waals surface area contributed by atoms with Gasteiger partial charge in [0.1, 0.15) is 0 Å². The van der Waals surface area contributed by atoms with Crippen molar-refractivity contribution >= 4 is 10.9 Å². The highest BCUT2D eigenvalue weighted by Gasteiger charge is 2.17. The van der Waals surface area contributed by atoms with Crippen LogP contribution in [-0.2, 0) is 12.0 Å². The molecular weight excluding hydrogens is 184 g/mol. The van der Waals surface area contributed by atoms with Crippen LogP contribution in [0.3, 0.4) is 0 Å². The number of aromatic amines is 1. The van der Waals surface area contributed by atoms with Crippen LogP contribution in [-0.4, -0.2) is 4.98 Å². The number of aromatic nitrogens is 1. The molecule has 1 heterocycles. The molecule has 80 valence electrons. The highest BCUT2D eigenvalue weighted by atomic mass is 14.8. The van der Waals surface area contributed by atoms with E-state index in [4.69, 9.17) is 5.73 Å². The van der Waals surface area contributed by atoms with E-state index in [0.717, 1.165) is 12.1 Å². The Morgan fingerprint density at radius 2 is 2.07 bits per heavy atom. The molecule has 1 aromatic heterocycles. The van der Waals surface area contributed by atoms with E-state index in [-0.39, 0.29) is 5.54 Å². The van der Waals surface area contributed by atoms with Crippen LogP contribution in [0.2, 0.25) is 0 Å². The minimum absolute atomic E-state index is 0.302. The minimum atomic E-state index is -0.302. The first-order chi connectivity index (χ1) is 7.02. The van der Waals surface area contributed by atoms with Crippen molar-refractivity contribution in [2.24, 2.45) is 5.73 Å². The maximum Gasteiger partial charge on any atom is 0.0504 e. The highest BCUT2D eigenvalue weighted by molar-refractivity contribution is 5.83. The van der Waals surface area contributed by atoms with Gasteiger partial charge in [-0.1, -0.05) is 25.1 Å². The molecule has 0 atom stereocenters. The summed E-state index contributed by atoms with van der Waals surface area (Å²) >= 11 is 0. The maximum absolute atomic E-state index is 6.08. The first-order valence-electron chi connectivity index (χ1n) is 5.42. The van der Waals surface area contributed by atoms with Crippen LogP contribution >= 0.6 is 0 Å². The Bertz CT molecular complexity index is 475. The van der Waals surface area contributed by atoms with Gasteiger partial charge in [-0.3, -0.25) is 0 Å². The average molecular weight is 202 g/mol. The summed E-state index contributed by atoms with van der Waals surface area (Å²) in [4.78, 5) is 3.43. The predicted octanol–water partition coefficient (Wildman–Crippen LogP) is 2.92. The van der Waals surface area contributed by atoms with Gasteiger partial charge in [-0.05, 0) is 37.3 Å². The summed E-state index contributed by atoms with van der Waals surface area (Å²) in [5.74, 6) is 0. The van der Waals surface area contributed by atoms with Crippen LogP contribution in [0.1, 0.15) is 32.0 Å². The Hall–Kier alpha value is -1.28. The van der Waals surface area contributed by atoms with Gasteiger partial charge in [-0.15, -0.1) is 0 Å². The molecule has 0 spiro atoms. The molecule has 3 N–H and O–H groups in total. The minimum Gasteiger partial charge on any atom is -0.357 e. The van der Waals surface area contributed by atoms with Gasteiger partial charge in [0.2, 0.25) is 0 Å². The molecule has 2 aromatic rings. The quantitative estimate of drug-likeness (QED) is 0.772. The number of aryl methyl sites for hydroxylation is 1. The van der Waals surface area contributed by atoms with E-state index in [2.05, 4.69) is 36.2 Å². The molecule has 0 aliphatic carbocycles. The van der Waals surface area contributed by atoms with Crippen molar-refractivity contribution in [3.05, 3.63) is 35.5 Å². The van der Waals surface area contributed by atoms with Crippen molar-refractivity contribution in [2.45, 2.75) is 32.7 Å². The standard InChI is InChI=1S/C13H18N2/c1-4-9-6-5-7-10-8-11(13(2,3)14)15-12(9)10/h5-8,15H,4,14H2,1-3H3. The monoisotopic (exact) mass is 202 g/mol. The molecular formula is C13H18N2. The van der Waals surface area contributed by atoms with Crippen molar-refractivity contribution in [2.75, 3.05) is 0 Å². The fraction of sp³-hybridized carbons (Fsp3) is 0.385. The SMILES string of the molecule is CCc1cccc2cc(C(C)(C)N)[nH]c12. The van der Waals surface area contributed by atoms with Crippen molar-refractivity contribution in [1.82, 2.24) is 4.98 Å². The Morgan fingerprint density at radius 3 is 2.67 bits per heavy atom. The van der Waals surface area contributed by atoms with Crippen LogP contribution in [0.5, 0.6) is 0 Å². The van der Waals surface area contributed by atoms with Crippen LogP contribution in [0, 0.1) is 0 Å². The topological polar surface area (TPSA) is 41.8 Å². The van der Waals surface area contributed by atoms with E-state index in [0.29, 0.717) is 0 Å². The highest BCUT2D eigenvalue weighted by Crippen LogP contribution is 2.24. The van der Waals surface area contributed by atoms with E-state index >= 15 is 0 Å². The van der Waals surface area contributed by atoms with Crippen molar-refractivity contribution < 1.29 is 0 Å². The maximum atomic E-state index is 6.08. The molecule has 0 radical (unpaired) electrons. The van der Waals surface area contributed by atoms with Gasteiger partial charge in [-0.25, -0.2) is 0 Å². The predicted molar refractivity (Wildman–Crippen MR) is 64.9 cm³/mol. The fourth-order valence-electron chi connectivity index (χ4n) is 1.86. The Balaban J connectivity index is 2.65. The van der Waals surface area contributed by atoms with Crippen LogP contribution in [0.25, 0.3) is 10.9 Å². The van der Waals surface area contributed by atoms with E-state index < -0.39 is 0 Å². The molecule has 0 bridgehead atoms. The number of fused-ring (bicyclic) bond motifs is 1. The Morgan fingerprint density at radius 1 is 1.33 bits per heavy atom. The first kappa shape index (κ1) is 10.2. The third-order valence-corrected chi connectivity index (χ3v) is 2.82. The summed E-state index contributed by atoms with van der Waals surface area (Å²) in [5.41, 5.74) is 9.46. The summed E-state index contributed by atoms with van der Waals surface area (Å²) < 4.78 is 0. The molecule has 0 aliphatic heterocycles. The normalized spacial score (nSPS) is 12.3. The van der Waals surface area contributed by atoms with Gasteiger partial charge >= 0.3 is 0 Å². The summed E-state index contributed by atoms with van der Waals surface area (Å²) in [6.45, 7) is 6.20. The van der Waals surface area contributed by atoms with Crippen LogP contribution in [0.4, 0.5) is 0 Å². The van der Waals surface area contributed by atoms with Gasteiger partial charge in [0.25, 0.3) is 0 Å². The zero-order valence-corrected chi connectivity index (χ0v) is 9.59. The smallest absolute Gasteiger partial charge is 0.0504 e. The van der Waals surface area contributed by atoms with E-state index in [9.17, 15) is 0 Å². The first-order valence-corrected chi connectivity index (χ1v) is 5.42. The van der Waals surface area contributed by atoms with E-state index in [1.54, 1.807) is 0 Å². The van der Waals surface area contributed by atoms with Gasteiger partial charge < -0.3 is 10.7 Å². The summed E-state index contributed by atoms with van der Waals surface area (Å²) in [6.07, 6.45) is 1.04. The molecule has 2 rings (SSSR count). The van der Waals surface area contributed by atoms with Gasteiger partial charge in [0.15, 0.2) is 0 Å². The third-order valence-electron chi connectivity index (χ3n) is 2.82. The molecule has 0 unspecified atom stereocenters. The molecule has 2 heteroatoms. The second-order valence-electron chi connectivity index (χ2n) is 4.64. The van der Waals surface area contributed by atoms with Gasteiger partial charge in [-0.2, -0.15) is 0 Å². The van der Waals surface area contributed by atoms with Gasteiger partial charge in [0.05, 0.1) is 5.54 Å². The molecule has 0 fully saturated rings. The third kappa shape index (κ3) is 1.77. The number of nitrogens with one attached hydrogen (secondary N) is 1. The second kappa shape index (κ2) is 3.38. The zero-order chi connectivity index (χ0) is 11.1. The largest absolute Gasteiger partial charge is 0.357 e. The summed E-state index contributed by atoms with van der Waals surface area (Å²) in [5, 5.41) is 1.25. The lowest BCUT2D eigenvalue weighted by atomic mass is 10.0. The lowest BCUT2D eigenvalue weighted by molar-refractivity contribution is 0.540. The van der Waals surface area contributed by atoms with Crippen molar-refractivity contribution in [1.29, 1.82) is 0 Å². The number of nitrogens with two attached hydrogens (primary N) is 1. The zero-order valence-electron chi connectivity index (χ0n) is 9.59. The number of para-hydroxylation sites is 1. The molecule has 1 aromatic carbocycles. The van der Waals surface area contributed by atoms with Crippen LogP contribution in [0.15, 0.2) is 24.3 Å². The molecule has 15 heavy (non-hydrogen) atoms. The summed E-state index contributed by atoms with van der Waals surface area (Å²) in [6, 6.07) is 8.53.